The van der Waals surface area contributed by atoms with Gasteiger partial charge >= 0.3 is 0 Å². The van der Waals surface area contributed by atoms with Gasteiger partial charge in [0.15, 0.2) is 0 Å². The van der Waals surface area contributed by atoms with E-state index in [9.17, 15) is 4.79 Å². The molecule has 0 saturated carbocycles. The first-order valence-corrected chi connectivity index (χ1v) is 11.3. The summed E-state index contributed by atoms with van der Waals surface area (Å²) in [6, 6.07) is 14.1. The second-order valence-corrected chi connectivity index (χ2v) is 8.75. The molecule has 162 valence electrons. The number of carbonyl (C=O) groups is 1. The number of hydrogen-bond acceptors (Lipinski definition) is 3. The second-order valence-electron chi connectivity index (χ2n) is 8.75. The number of nitrogens with two attached hydrogens (primary N) is 1. The summed E-state index contributed by atoms with van der Waals surface area (Å²) in [6.45, 7) is 8.32. The molecular weight excluding hydrogens is 372 g/mol. The summed E-state index contributed by atoms with van der Waals surface area (Å²) in [5.41, 5.74) is 9.62. The number of primary amides is 1. The highest BCUT2D eigenvalue weighted by Gasteiger charge is 2.19. The van der Waals surface area contributed by atoms with Crippen molar-refractivity contribution in [3.05, 3.63) is 64.7 Å². The highest BCUT2D eigenvalue weighted by atomic mass is 16.5. The van der Waals surface area contributed by atoms with Crippen LogP contribution in [-0.2, 0) is 6.54 Å². The van der Waals surface area contributed by atoms with Gasteiger partial charge < -0.3 is 10.5 Å². The van der Waals surface area contributed by atoms with Crippen LogP contribution in [0, 0.1) is 19.8 Å². The largest absolute Gasteiger partial charge is 0.493 e. The molecule has 4 heteroatoms. The summed E-state index contributed by atoms with van der Waals surface area (Å²) in [4.78, 5) is 13.7. The van der Waals surface area contributed by atoms with Gasteiger partial charge in [-0.3, -0.25) is 9.69 Å². The zero-order chi connectivity index (χ0) is 21.3. The normalized spacial score (nSPS) is 15.3. The zero-order valence-corrected chi connectivity index (χ0v) is 18.5. The van der Waals surface area contributed by atoms with E-state index in [-0.39, 0.29) is 5.91 Å². The van der Waals surface area contributed by atoms with Gasteiger partial charge in [-0.25, -0.2) is 0 Å². The first-order chi connectivity index (χ1) is 14.5. The Kier molecular flexibility index (Phi) is 8.32. The fourth-order valence-corrected chi connectivity index (χ4v) is 4.22. The number of aryl methyl sites for hydroxylation is 2. The van der Waals surface area contributed by atoms with Crippen LogP contribution in [0.1, 0.15) is 65.6 Å². The van der Waals surface area contributed by atoms with Crippen molar-refractivity contribution in [2.24, 2.45) is 11.7 Å². The van der Waals surface area contributed by atoms with Crippen molar-refractivity contribution >= 4 is 5.91 Å². The van der Waals surface area contributed by atoms with Gasteiger partial charge in [-0.05, 0) is 87.0 Å². The molecule has 0 aliphatic carbocycles. The molecule has 1 heterocycles. The van der Waals surface area contributed by atoms with E-state index < -0.39 is 0 Å². The maximum Gasteiger partial charge on any atom is 0.248 e. The minimum absolute atomic E-state index is 0.362. The van der Waals surface area contributed by atoms with Crippen LogP contribution in [0.2, 0.25) is 0 Å². The van der Waals surface area contributed by atoms with Crippen molar-refractivity contribution in [1.82, 2.24) is 4.90 Å². The van der Waals surface area contributed by atoms with Crippen molar-refractivity contribution < 1.29 is 9.53 Å². The van der Waals surface area contributed by atoms with Crippen molar-refractivity contribution in [1.29, 1.82) is 0 Å². The third kappa shape index (κ3) is 6.88. The molecule has 1 fully saturated rings. The Hall–Kier alpha value is -2.33. The van der Waals surface area contributed by atoms with E-state index in [2.05, 4.69) is 36.9 Å². The lowest BCUT2D eigenvalue weighted by Gasteiger charge is -2.32. The molecule has 2 N–H and O–H groups in total. The van der Waals surface area contributed by atoms with Gasteiger partial charge in [-0.2, -0.15) is 0 Å². The van der Waals surface area contributed by atoms with Gasteiger partial charge in [0.05, 0.1) is 6.61 Å². The van der Waals surface area contributed by atoms with Crippen LogP contribution in [0.25, 0.3) is 0 Å². The maximum atomic E-state index is 11.2. The smallest absolute Gasteiger partial charge is 0.248 e. The van der Waals surface area contributed by atoms with Gasteiger partial charge in [-0.1, -0.05) is 43.5 Å². The van der Waals surface area contributed by atoms with Gasteiger partial charge in [-0.15, -0.1) is 0 Å². The summed E-state index contributed by atoms with van der Waals surface area (Å²) in [7, 11) is 0. The van der Waals surface area contributed by atoms with E-state index in [1.807, 2.05) is 24.3 Å². The molecule has 0 unspecified atom stereocenters. The average Bonchev–Trinajstić information content (AvgIpc) is 2.74. The Morgan fingerprint density at radius 2 is 1.77 bits per heavy atom. The third-order valence-corrected chi connectivity index (χ3v) is 6.21. The van der Waals surface area contributed by atoms with Crippen molar-refractivity contribution in [2.75, 3.05) is 19.7 Å². The number of unbranched alkanes of at least 4 members (excludes halogenated alkanes) is 2. The number of benzene rings is 2. The second kappa shape index (κ2) is 11.2. The van der Waals surface area contributed by atoms with E-state index >= 15 is 0 Å². The van der Waals surface area contributed by atoms with Gasteiger partial charge in [0.25, 0.3) is 0 Å². The van der Waals surface area contributed by atoms with Crippen molar-refractivity contribution in [3.63, 3.8) is 0 Å². The number of carbonyl (C=O) groups excluding carboxylic acids is 1. The number of piperidine rings is 1. The first kappa shape index (κ1) is 22.4. The Balaban J connectivity index is 1.27. The van der Waals surface area contributed by atoms with Crippen LogP contribution < -0.4 is 10.5 Å². The van der Waals surface area contributed by atoms with E-state index in [1.54, 1.807) is 0 Å². The molecule has 1 saturated heterocycles. The fraction of sp³-hybridized carbons (Fsp3) is 0.500. The molecule has 0 bridgehead atoms. The zero-order valence-electron chi connectivity index (χ0n) is 18.5. The molecule has 0 atom stereocenters. The quantitative estimate of drug-likeness (QED) is 0.546. The van der Waals surface area contributed by atoms with E-state index in [1.165, 1.54) is 48.8 Å². The summed E-state index contributed by atoms with van der Waals surface area (Å²) in [5, 5.41) is 0. The molecule has 2 aromatic rings. The summed E-state index contributed by atoms with van der Waals surface area (Å²) in [6.07, 6.45) is 7.60. The Labute approximate surface area is 181 Å². The van der Waals surface area contributed by atoms with Crippen LogP contribution in [0.3, 0.4) is 0 Å². The molecule has 30 heavy (non-hydrogen) atoms. The molecule has 0 radical (unpaired) electrons. The monoisotopic (exact) mass is 408 g/mol. The third-order valence-electron chi connectivity index (χ3n) is 6.21. The molecule has 0 spiro atoms. The van der Waals surface area contributed by atoms with Crippen LogP contribution in [0.5, 0.6) is 5.75 Å². The number of rotatable bonds is 10. The molecule has 2 aromatic carbocycles. The lowest BCUT2D eigenvalue weighted by molar-refractivity contribution is 0.1000. The minimum atomic E-state index is -0.362. The van der Waals surface area contributed by atoms with Gasteiger partial charge in [0.2, 0.25) is 5.91 Å². The Bertz CT molecular complexity index is 808. The van der Waals surface area contributed by atoms with Crippen molar-refractivity contribution in [2.45, 2.75) is 58.9 Å². The lowest BCUT2D eigenvalue weighted by atomic mass is 9.91. The predicted molar refractivity (Wildman–Crippen MR) is 123 cm³/mol. The van der Waals surface area contributed by atoms with Gasteiger partial charge in [0, 0.05) is 12.1 Å². The van der Waals surface area contributed by atoms with E-state index in [4.69, 9.17) is 10.5 Å². The Morgan fingerprint density at radius 3 is 2.47 bits per heavy atom. The van der Waals surface area contributed by atoms with Crippen LogP contribution in [0.15, 0.2) is 42.5 Å². The number of nitrogens with zero attached hydrogens (tertiary/aromatic N) is 1. The molecule has 1 amide bonds. The molecule has 4 nitrogen and oxygen atoms in total. The summed E-state index contributed by atoms with van der Waals surface area (Å²) >= 11 is 0. The highest BCUT2D eigenvalue weighted by molar-refractivity contribution is 5.92. The standard InChI is InChI=1S/C26H36N2O2/c1-20-7-8-21(2)25(18-20)30-17-5-3-4-6-22-13-15-28(16-14-22)19-23-9-11-24(12-10-23)26(27)29/h7-12,18,22H,3-6,13-17,19H2,1-2H3,(H2,27,29). The minimum Gasteiger partial charge on any atom is -0.493 e. The number of amides is 1. The predicted octanol–water partition coefficient (Wildman–Crippen LogP) is 5.25. The van der Waals surface area contributed by atoms with E-state index in [0.717, 1.165) is 44.3 Å². The van der Waals surface area contributed by atoms with Crippen LogP contribution in [-0.4, -0.2) is 30.5 Å². The molecule has 1 aliphatic heterocycles. The fourth-order valence-electron chi connectivity index (χ4n) is 4.22. The first-order valence-electron chi connectivity index (χ1n) is 11.3. The number of hydrogen-bond donors (Lipinski definition) is 1. The molecule has 1 aliphatic rings. The Morgan fingerprint density at radius 1 is 1.03 bits per heavy atom. The average molecular weight is 409 g/mol. The summed E-state index contributed by atoms with van der Waals surface area (Å²) in [5.74, 6) is 1.53. The highest BCUT2D eigenvalue weighted by Crippen LogP contribution is 2.24. The SMILES string of the molecule is Cc1ccc(C)c(OCCCCCC2CCN(Cc3ccc(C(N)=O)cc3)CC2)c1. The molecule has 3 rings (SSSR count). The maximum absolute atomic E-state index is 11.2. The lowest BCUT2D eigenvalue weighted by Crippen LogP contribution is -2.33. The van der Waals surface area contributed by atoms with Crippen LogP contribution in [0.4, 0.5) is 0 Å². The molecule has 0 aromatic heterocycles. The van der Waals surface area contributed by atoms with Crippen LogP contribution >= 0.6 is 0 Å². The number of likely N-dealkylation sites (tertiary alicyclic amines) is 1. The number of ether oxygens (including phenoxy) is 1. The van der Waals surface area contributed by atoms with Crippen molar-refractivity contribution in [3.8, 4) is 5.75 Å². The summed E-state index contributed by atoms with van der Waals surface area (Å²) < 4.78 is 5.97. The molecular formula is C26H36N2O2. The van der Waals surface area contributed by atoms with E-state index in [0.29, 0.717) is 5.56 Å². The van der Waals surface area contributed by atoms with Gasteiger partial charge in [0.1, 0.15) is 5.75 Å². The topological polar surface area (TPSA) is 55.6 Å².